The number of methoxy groups -OCH3 is 1. The summed E-state index contributed by atoms with van der Waals surface area (Å²) in [6.07, 6.45) is 0.178. The van der Waals surface area contributed by atoms with E-state index < -0.39 is 6.10 Å². The summed E-state index contributed by atoms with van der Waals surface area (Å²) in [5.74, 6) is 1.60. The van der Waals surface area contributed by atoms with E-state index in [9.17, 15) is 5.11 Å². The zero-order valence-corrected chi connectivity index (χ0v) is 18.9. The molecule has 0 aliphatic carbocycles. The molecule has 0 aliphatic rings. The first kappa shape index (κ1) is 23.1. The number of rotatable bonds is 12. The first-order chi connectivity index (χ1) is 13.4. The van der Waals surface area contributed by atoms with Crippen molar-refractivity contribution in [1.82, 2.24) is 15.5 Å². The standard InChI is InChI=1S/C20H28BrN3O3S/c1-20(2,14-28-19-9-8-18(21)23-24-19)22-12-16(25)13-27-17-7-5-4-6-15(17)10-11-26-3/h4-9,16,22,25H,10-14H2,1-3H3. The van der Waals surface area contributed by atoms with Crippen molar-refractivity contribution in [3.63, 3.8) is 0 Å². The molecule has 0 aliphatic heterocycles. The zero-order valence-electron chi connectivity index (χ0n) is 16.5. The Morgan fingerprint density at radius 3 is 2.71 bits per heavy atom. The van der Waals surface area contributed by atoms with Gasteiger partial charge in [-0.25, -0.2) is 0 Å². The van der Waals surface area contributed by atoms with E-state index in [1.165, 1.54) is 0 Å². The molecule has 0 fully saturated rings. The normalized spacial score (nSPS) is 12.8. The van der Waals surface area contributed by atoms with E-state index in [1.54, 1.807) is 18.9 Å². The second-order valence-corrected chi connectivity index (χ2v) is 8.87. The van der Waals surface area contributed by atoms with E-state index in [2.05, 4.69) is 45.3 Å². The number of nitrogens with zero attached hydrogens (tertiary/aromatic N) is 2. The van der Waals surface area contributed by atoms with Crippen LogP contribution >= 0.6 is 27.7 Å². The van der Waals surface area contributed by atoms with Crippen LogP contribution in [0.3, 0.4) is 0 Å². The van der Waals surface area contributed by atoms with Crippen molar-refractivity contribution in [3.05, 3.63) is 46.6 Å². The average molecular weight is 470 g/mol. The Bertz CT molecular complexity index is 716. The lowest BCUT2D eigenvalue weighted by atomic mass is 10.1. The van der Waals surface area contributed by atoms with Crippen LogP contribution < -0.4 is 10.1 Å². The summed E-state index contributed by atoms with van der Waals surface area (Å²) in [6, 6.07) is 11.7. The van der Waals surface area contributed by atoms with Gasteiger partial charge in [-0.1, -0.05) is 18.2 Å². The number of para-hydroxylation sites is 1. The van der Waals surface area contributed by atoms with Crippen molar-refractivity contribution in [2.75, 3.05) is 32.6 Å². The van der Waals surface area contributed by atoms with E-state index in [0.29, 0.717) is 13.2 Å². The number of aliphatic hydroxyl groups excluding tert-OH is 1. The molecular weight excluding hydrogens is 442 g/mol. The van der Waals surface area contributed by atoms with Gasteiger partial charge in [0, 0.05) is 24.9 Å². The fraction of sp³-hybridized carbons (Fsp3) is 0.500. The van der Waals surface area contributed by atoms with Gasteiger partial charge in [-0.2, -0.15) is 0 Å². The molecule has 1 aromatic carbocycles. The van der Waals surface area contributed by atoms with Gasteiger partial charge in [-0.3, -0.25) is 0 Å². The van der Waals surface area contributed by atoms with Crippen molar-refractivity contribution in [2.24, 2.45) is 0 Å². The Morgan fingerprint density at radius 2 is 2.00 bits per heavy atom. The van der Waals surface area contributed by atoms with Gasteiger partial charge in [-0.15, -0.1) is 22.0 Å². The summed E-state index contributed by atoms with van der Waals surface area (Å²) in [5.41, 5.74) is 0.911. The number of nitrogens with one attached hydrogen (secondary N) is 1. The first-order valence-electron chi connectivity index (χ1n) is 9.14. The fourth-order valence-corrected chi connectivity index (χ4v) is 3.47. The summed E-state index contributed by atoms with van der Waals surface area (Å²) >= 11 is 4.91. The van der Waals surface area contributed by atoms with Crippen LogP contribution in [0.4, 0.5) is 0 Å². The van der Waals surface area contributed by atoms with Crippen LogP contribution in [0.1, 0.15) is 19.4 Å². The first-order valence-corrected chi connectivity index (χ1v) is 10.9. The van der Waals surface area contributed by atoms with Gasteiger partial charge >= 0.3 is 0 Å². The maximum absolute atomic E-state index is 10.3. The van der Waals surface area contributed by atoms with Gasteiger partial charge in [0.25, 0.3) is 0 Å². The third-order valence-electron chi connectivity index (χ3n) is 3.98. The van der Waals surface area contributed by atoms with Crippen molar-refractivity contribution < 1.29 is 14.6 Å². The number of β-amino-alcohol motifs (C(OH)–C–C–N with tert-alkyl or cyclic N) is 1. The summed E-state index contributed by atoms with van der Waals surface area (Å²) < 4.78 is 11.7. The molecule has 1 unspecified atom stereocenters. The zero-order chi connectivity index (χ0) is 20.4. The highest BCUT2D eigenvalue weighted by molar-refractivity contribution is 9.10. The summed E-state index contributed by atoms with van der Waals surface area (Å²) in [7, 11) is 1.68. The molecule has 28 heavy (non-hydrogen) atoms. The topological polar surface area (TPSA) is 76.5 Å². The second kappa shape index (κ2) is 11.7. The molecule has 0 saturated carbocycles. The molecule has 0 spiro atoms. The van der Waals surface area contributed by atoms with Crippen LogP contribution in [0, 0.1) is 0 Å². The highest BCUT2D eigenvalue weighted by Crippen LogP contribution is 2.21. The van der Waals surface area contributed by atoms with Crippen LogP contribution in [-0.2, 0) is 11.2 Å². The monoisotopic (exact) mass is 469 g/mol. The molecule has 154 valence electrons. The number of ether oxygens (including phenoxy) is 2. The van der Waals surface area contributed by atoms with E-state index in [4.69, 9.17) is 9.47 Å². The Morgan fingerprint density at radius 1 is 1.21 bits per heavy atom. The fourth-order valence-electron chi connectivity index (χ4n) is 2.39. The van der Waals surface area contributed by atoms with Crippen molar-refractivity contribution in [1.29, 1.82) is 0 Å². The highest BCUT2D eigenvalue weighted by atomic mass is 79.9. The summed E-state index contributed by atoms with van der Waals surface area (Å²) in [4.78, 5) is 0. The Kier molecular flexibility index (Phi) is 9.67. The number of benzene rings is 1. The quantitative estimate of drug-likeness (QED) is 0.461. The number of thioether (sulfide) groups is 1. The Hall–Kier alpha value is -1.19. The lowest BCUT2D eigenvalue weighted by Gasteiger charge is -2.27. The van der Waals surface area contributed by atoms with Crippen LogP contribution in [0.15, 0.2) is 46.0 Å². The third-order valence-corrected chi connectivity index (χ3v) is 5.79. The number of aliphatic hydroxyl groups is 1. The minimum absolute atomic E-state index is 0.170. The molecule has 2 N–H and O–H groups in total. The van der Waals surface area contributed by atoms with E-state index in [-0.39, 0.29) is 12.1 Å². The molecule has 2 rings (SSSR count). The van der Waals surface area contributed by atoms with Gasteiger partial charge in [0.15, 0.2) is 0 Å². The van der Waals surface area contributed by atoms with Crippen molar-refractivity contribution in [3.8, 4) is 5.75 Å². The summed E-state index contributed by atoms with van der Waals surface area (Å²) in [6.45, 7) is 5.51. The number of hydrogen-bond donors (Lipinski definition) is 2. The molecule has 1 heterocycles. The second-order valence-electron chi connectivity index (χ2n) is 7.06. The minimum Gasteiger partial charge on any atom is -0.491 e. The molecule has 8 heteroatoms. The number of aromatic nitrogens is 2. The van der Waals surface area contributed by atoms with Crippen LogP contribution in [0.5, 0.6) is 5.75 Å². The molecule has 0 saturated heterocycles. The molecule has 0 radical (unpaired) electrons. The van der Waals surface area contributed by atoms with Crippen LogP contribution in [-0.4, -0.2) is 59.6 Å². The Balaban J connectivity index is 1.75. The maximum atomic E-state index is 10.3. The van der Waals surface area contributed by atoms with Gasteiger partial charge in [0.05, 0.1) is 6.61 Å². The molecule has 2 aromatic rings. The van der Waals surface area contributed by atoms with Crippen molar-refractivity contribution >= 4 is 27.7 Å². The van der Waals surface area contributed by atoms with Crippen LogP contribution in [0.25, 0.3) is 0 Å². The predicted molar refractivity (Wildman–Crippen MR) is 116 cm³/mol. The maximum Gasteiger partial charge on any atom is 0.128 e. The van der Waals surface area contributed by atoms with Crippen LogP contribution in [0.2, 0.25) is 0 Å². The lowest BCUT2D eigenvalue weighted by molar-refractivity contribution is 0.0995. The highest BCUT2D eigenvalue weighted by Gasteiger charge is 2.20. The SMILES string of the molecule is COCCc1ccccc1OCC(O)CNC(C)(C)CSc1ccc(Br)nn1. The van der Waals surface area contributed by atoms with E-state index >= 15 is 0 Å². The number of hydrogen-bond acceptors (Lipinski definition) is 7. The average Bonchev–Trinajstić information content (AvgIpc) is 2.69. The smallest absolute Gasteiger partial charge is 0.128 e. The predicted octanol–water partition coefficient (Wildman–Crippen LogP) is 3.33. The van der Waals surface area contributed by atoms with Gasteiger partial charge in [0.1, 0.15) is 28.1 Å². The summed E-state index contributed by atoms with van der Waals surface area (Å²) in [5, 5.41) is 22.7. The third kappa shape index (κ3) is 8.45. The van der Waals surface area contributed by atoms with E-state index in [0.717, 1.165) is 33.1 Å². The molecule has 0 amide bonds. The lowest BCUT2D eigenvalue weighted by Crippen LogP contribution is -2.46. The molecule has 1 atom stereocenters. The van der Waals surface area contributed by atoms with Gasteiger partial charge < -0.3 is 19.9 Å². The largest absolute Gasteiger partial charge is 0.491 e. The minimum atomic E-state index is -0.604. The molecule has 6 nitrogen and oxygen atoms in total. The van der Waals surface area contributed by atoms with Crippen molar-refractivity contribution in [2.45, 2.75) is 36.9 Å². The number of halogens is 1. The molecular formula is C20H28BrN3O3S. The molecule has 1 aromatic heterocycles. The van der Waals surface area contributed by atoms with Gasteiger partial charge in [0.2, 0.25) is 0 Å². The van der Waals surface area contributed by atoms with E-state index in [1.807, 2.05) is 36.4 Å². The Labute approximate surface area is 179 Å². The molecule has 0 bridgehead atoms. The van der Waals surface area contributed by atoms with Gasteiger partial charge in [-0.05, 0) is 60.0 Å².